The summed E-state index contributed by atoms with van der Waals surface area (Å²) < 4.78 is 5.65. The van der Waals surface area contributed by atoms with Gasteiger partial charge < -0.3 is 10.5 Å². The molecule has 1 aromatic heterocycles. The predicted molar refractivity (Wildman–Crippen MR) is 126 cm³/mol. The van der Waals surface area contributed by atoms with E-state index in [4.69, 9.17) is 10.5 Å². The lowest BCUT2D eigenvalue weighted by Gasteiger charge is -2.15. The molecule has 0 unspecified atom stereocenters. The van der Waals surface area contributed by atoms with Crippen LogP contribution in [0.1, 0.15) is 58.2 Å². The van der Waals surface area contributed by atoms with Gasteiger partial charge in [0.05, 0.1) is 17.7 Å². The lowest BCUT2D eigenvalue weighted by atomic mass is 9.96. The molecule has 166 valence electrons. The Kier molecular flexibility index (Phi) is 7.77. The summed E-state index contributed by atoms with van der Waals surface area (Å²) >= 11 is 0. The van der Waals surface area contributed by atoms with Crippen molar-refractivity contribution in [2.45, 2.75) is 53.1 Å². The fraction of sp³-hybridized carbons (Fsp3) is 0.296. The molecule has 0 aliphatic carbocycles. The number of pyridine rings is 1. The average Bonchev–Trinajstić information content (AvgIpc) is 2.76. The third kappa shape index (κ3) is 6.03. The largest absolute Gasteiger partial charge is 0.457 e. The van der Waals surface area contributed by atoms with E-state index in [9.17, 15) is 9.59 Å². The molecule has 0 radical (unpaired) electrons. The first-order chi connectivity index (χ1) is 15.4. The van der Waals surface area contributed by atoms with Gasteiger partial charge in [-0.25, -0.2) is 4.79 Å². The number of ether oxygens (including phenoxy) is 1. The summed E-state index contributed by atoms with van der Waals surface area (Å²) in [6.45, 7) is 6.19. The fourth-order valence-electron chi connectivity index (χ4n) is 3.62. The zero-order chi connectivity index (χ0) is 23.1. The minimum Gasteiger partial charge on any atom is -0.457 e. The van der Waals surface area contributed by atoms with Crippen LogP contribution in [0.4, 0.5) is 0 Å². The van der Waals surface area contributed by atoms with E-state index in [1.165, 1.54) is 0 Å². The van der Waals surface area contributed by atoms with Crippen molar-refractivity contribution in [3.05, 3.63) is 88.2 Å². The first-order valence-electron chi connectivity index (χ1n) is 11.0. The molecule has 32 heavy (non-hydrogen) atoms. The number of esters is 1. The van der Waals surface area contributed by atoms with Crippen molar-refractivity contribution in [1.82, 2.24) is 4.98 Å². The molecule has 5 heteroatoms. The number of hydrogen-bond donors (Lipinski definition) is 1. The second kappa shape index (κ2) is 10.7. The zero-order valence-corrected chi connectivity index (χ0v) is 19.0. The van der Waals surface area contributed by atoms with Crippen LogP contribution in [0.5, 0.6) is 0 Å². The molecule has 0 spiro atoms. The number of primary amides is 1. The van der Waals surface area contributed by atoms with Crippen molar-refractivity contribution >= 4 is 11.9 Å². The Balaban J connectivity index is 1.85. The highest BCUT2D eigenvalue weighted by Gasteiger charge is 2.20. The highest BCUT2D eigenvalue weighted by atomic mass is 16.5. The molecular formula is C27H30N2O3. The monoisotopic (exact) mass is 430 g/mol. The number of rotatable bonds is 9. The van der Waals surface area contributed by atoms with Crippen LogP contribution in [0.3, 0.4) is 0 Å². The molecule has 5 nitrogen and oxygen atoms in total. The van der Waals surface area contributed by atoms with Crippen LogP contribution in [0.25, 0.3) is 11.1 Å². The molecule has 0 atom stereocenters. The number of benzene rings is 2. The molecule has 0 fully saturated rings. The van der Waals surface area contributed by atoms with Gasteiger partial charge in [0.2, 0.25) is 5.91 Å². The van der Waals surface area contributed by atoms with Crippen molar-refractivity contribution in [2.75, 3.05) is 0 Å². The van der Waals surface area contributed by atoms with Crippen LogP contribution in [-0.2, 0) is 29.0 Å². The minimum absolute atomic E-state index is 0.139. The van der Waals surface area contributed by atoms with Gasteiger partial charge in [-0.1, -0.05) is 67.4 Å². The van der Waals surface area contributed by atoms with Crippen molar-refractivity contribution < 1.29 is 14.3 Å². The van der Waals surface area contributed by atoms with E-state index in [0.29, 0.717) is 11.3 Å². The normalized spacial score (nSPS) is 10.7. The highest BCUT2D eigenvalue weighted by Crippen LogP contribution is 2.28. The van der Waals surface area contributed by atoms with Gasteiger partial charge >= 0.3 is 5.97 Å². The smallest absolute Gasteiger partial charge is 0.340 e. The quantitative estimate of drug-likeness (QED) is 0.479. The van der Waals surface area contributed by atoms with Gasteiger partial charge in [0.15, 0.2) is 0 Å². The van der Waals surface area contributed by atoms with Gasteiger partial charge in [0.1, 0.15) is 6.61 Å². The SMILES string of the molecule is CCCCc1cc(-c2ccc(C)cc2)c(C(=O)OCc2ccc(CC(N)=O)cc2)c(C)n1. The summed E-state index contributed by atoms with van der Waals surface area (Å²) in [6, 6.07) is 17.5. The lowest BCUT2D eigenvalue weighted by molar-refractivity contribution is -0.117. The standard InChI is InChI=1S/C27H30N2O3/c1-4-5-6-23-16-24(22-13-7-18(2)8-14-22)26(19(3)29-23)27(31)32-17-21-11-9-20(10-12-21)15-25(28)30/h7-14,16H,4-6,15,17H2,1-3H3,(H2,28,30). The van der Waals surface area contributed by atoms with Crippen LogP contribution < -0.4 is 5.73 Å². The van der Waals surface area contributed by atoms with Gasteiger partial charge in [0.25, 0.3) is 0 Å². The number of carbonyl (C=O) groups excluding carboxylic acids is 2. The summed E-state index contributed by atoms with van der Waals surface area (Å²) in [5.41, 5.74) is 12.1. The third-order valence-corrected chi connectivity index (χ3v) is 5.38. The first kappa shape index (κ1) is 23.2. The molecule has 1 amide bonds. The number of nitrogens with two attached hydrogens (primary N) is 1. The van der Waals surface area contributed by atoms with Gasteiger partial charge in [-0.05, 0) is 55.0 Å². The van der Waals surface area contributed by atoms with Gasteiger partial charge in [-0.3, -0.25) is 9.78 Å². The Morgan fingerprint density at radius 1 is 0.969 bits per heavy atom. The van der Waals surface area contributed by atoms with Crippen LogP contribution in [0, 0.1) is 13.8 Å². The van der Waals surface area contributed by atoms with E-state index in [2.05, 4.69) is 11.9 Å². The van der Waals surface area contributed by atoms with E-state index in [1.54, 1.807) is 0 Å². The first-order valence-corrected chi connectivity index (χ1v) is 11.0. The maximum atomic E-state index is 13.1. The second-order valence-electron chi connectivity index (χ2n) is 8.13. The molecule has 3 rings (SSSR count). The number of amides is 1. The van der Waals surface area contributed by atoms with Crippen molar-refractivity contribution in [1.29, 1.82) is 0 Å². The molecule has 0 saturated heterocycles. The number of aryl methyl sites for hydroxylation is 3. The topological polar surface area (TPSA) is 82.3 Å². The number of carbonyl (C=O) groups is 2. The highest BCUT2D eigenvalue weighted by molar-refractivity contribution is 5.98. The summed E-state index contributed by atoms with van der Waals surface area (Å²) in [4.78, 5) is 28.9. The molecule has 2 aromatic carbocycles. The molecule has 1 heterocycles. The molecule has 0 aliphatic heterocycles. The maximum absolute atomic E-state index is 13.1. The Morgan fingerprint density at radius 3 is 2.25 bits per heavy atom. The van der Waals surface area contributed by atoms with Crippen LogP contribution >= 0.6 is 0 Å². The van der Waals surface area contributed by atoms with Crippen LogP contribution in [-0.4, -0.2) is 16.9 Å². The summed E-state index contributed by atoms with van der Waals surface area (Å²) in [7, 11) is 0. The van der Waals surface area contributed by atoms with Gasteiger partial charge in [-0.2, -0.15) is 0 Å². The Morgan fingerprint density at radius 2 is 1.62 bits per heavy atom. The van der Waals surface area contributed by atoms with E-state index >= 15 is 0 Å². The number of unbranched alkanes of at least 4 members (excludes halogenated alkanes) is 1. The van der Waals surface area contributed by atoms with Crippen molar-refractivity contribution in [3.63, 3.8) is 0 Å². The van der Waals surface area contributed by atoms with E-state index in [-0.39, 0.29) is 18.9 Å². The van der Waals surface area contributed by atoms with E-state index in [0.717, 1.165) is 52.8 Å². The molecule has 3 aromatic rings. The third-order valence-electron chi connectivity index (χ3n) is 5.38. The number of hydrogen-bond acceptors (Lipinski definition) is 4. The zero-order valence-electron chi connectivity index (χ0n) is 19.0. The summed E-state index contributed by atoms with van der Waals surface area (Å²) in [5.74, 6) is -0.771. The van der Waals surface area contributed by atoms with E-state index in [1.807, 2.05) is 68.4 Å². The van der Waals surface area contributed by atoms with Crippen molar-refractivity contribution in [3.8, 4) is 11.1 Å². The second-order valence-corrected chi connectivity index (χ2v) is 8.13. The minimum atomic E-state index is -0.395. The fourth-order valence-corrected chi connectivity index (χ4v) is 3.62. The van der Waals surface area contributed by atoms with Gasteiger partial charge in [0, 0.05) is 5.69 Å². The average molecular weight is 431 g/mol. The Hall–Kier alpha value is -3.47. The van der Waals surface area contributed by atoms with Crippen molar-refractivity contribution in [2.24, 2.45) is 5.73 Å². The molecule has 0 bridgehead atoms. The van der Waals surface area contributed by atoms with Crippen LogP contribution in [0.15, 0.2) is 54.6 Å². The Labute approximate surface area is 189 Å². The van der Waals surface area contributed by atoms with E-state index < -0.39 is 5.97 Å². The Bertz CT molecular complexity index is 1090. The predicted octanol–water partition coefficient (Wildman–Crippen LogP) is 5.09. The number of nitrogens with zero attached hydrogens (tertiary/aromatic N) is 1. The summed E-state index contributed by atoms with van der Waals surface area (Å²) in [5, 5.41) is 0. The van der Waals surface area contributed by atoms with Crippen LogP contribution in [0.2, 0.25) is 0 Å². The molecule has 0 aliphatic rings. The summed E-state index contributed by atoms with van der Waals surface area (Å²) in [6.07, 6.45) is 3.20. The molecule has 0 saturated carbocycles. The lowest BCUT2D eigenvalue weighted by Crippen LogP contribution is -2.13. The maximum Gasteiger partial charge on any atom is 0.340 e. The molecule has 2 N–H and O–H groups in total. The molecular weight excluding hydrogens is 400 g/mol. The number of aromatic nitrogens is 1. The van der Waals surface area contributed by atoms with Gasteiger partial charge in [-0.15, -0.1) is 0 Å².